The molecule has 1 N–H and O–H groups in total. The van der Waals surface area contributed by atoms with Gasteiger partial charge in [0.2, 0.25) is 5.91 Å². The Bertz CT molecular complexity index is 1000. The minimum Gasteiger partial charge on any atom is -0.435 e. The summed E-state index contributed by atoms with van der Waals surface area (Å²) >= 11 is 7.15. The highest BCUT2D eigenvalue weighted by atomic mass is 35.5. The van der Waals surface area contributed by atoms with Crippen molar-refractivity contribution in [3.8, 4) is 17.0 Å². The number of thioether (sulfide) groups is 1. The van der Waals surface area contributed by atoms with E-state index >= 15 is 0 Å². The Hall–Kier alpha value is -2.71. The summed E-state index contributed by atoms with van der Waals surface area (Å²) < 4.78 is 28.8. The molecule has 0 saturated heterocycles. The van der Waals surface area contributed by atoms with Crippen LogP contribution < -0.4 is 10.1 Å². The molecule has 3 rings (SSSR count). The van der Waals surface area contributed by atoms with Crippen molar-refractivity contribution in [3.63, 3.8) is 0 Å². The number of hydrogen-bond donors (Lipinski definition) is 1. The summed E-state index contributed by atoms with van der Waals surface area (Å²) in [5.74, 6) is -0.0143. The zero-order valence-electron chi connectivity index (χ0n) is 15.2. The van der Waals surface area contributed by atoms with E-state index in [1.54, 1.807) is 36.5 Å². The quantitative estimate of drug-likeness (QED) is 0.395. The van der Waals surface area contributed by atoms with E-state index in [9.17, 15) is 13.6 Å². The SMILES string of the molecule is Cc1ccc(Cl)cc1NC(=O)CSc1nccc(-c2ccc(OC(F)F)cc2)n1. The zero-order valence-corrected chi connectivity index (χ0v) is 16.8. The van der Waals surface area contributed by atoms with Gasteiger partial charge in [0.1, 0.15) is 5.75 Å². The topological polar surface area (TPSA) is 64.1 Å². The van der Waals surface area contributed by atoms with Crippen LogP contribution in [0.15, 0.2) is 59.9 Å². The zero-order chi connectivity index (χ0) is 20.8. The van der Waals surface area contributed by atoms with Crippen molar-refractivity contribution in [1.29, 1.82) is 0 Å². The van der Waals surface area contributed by atoms with Crippen LogP contribution in [0.2, 0.25) is 5.02 Å². The average Bonchev–Trinajstić information content (AvgIpc) is 2.69. The second kappa shape index (κ2) is 9.67. The molecular formula is C20H16ClF2N3O2S. The number of aryl methyl sites for hydroxylation is 1. The third-order valence-corrected chi connectivity index (χ3v) is 4.91. The van der Waals surface area contributed by atoms with Crippen LogP contribution in [-0.4, -0.2) is 28.2 Å². The first-order chi connectivity index (χ1) is 13.9. The van der Waals surface area contributed by atoms with Crippen LogP contribution in [0.1, 0.15) is 5.56 Å². The van der Waals surface area contributed by atoms with Gasteiger partial charge in [0.05, 0.1) is 11.4 Å². The third kappa shape index (κ3) is 6.13. The molecule has 29 heavy (non-hydrogen) atoms. The molecule has 9 heteroatoms. The lowest BCUT2D eigenvalue weighted by atomic mass is 10.1. The standard InChI is InChI=1S/C20H16ClF2N3O2S/c1-12-2-5-14(21)10-17(12)25-18(27)11-29-20-24-9-8-16(26-20)13-3-6-15(7-4-13)28-19(22)23/h2-10,19H,11H2,1H3,(H,25,27). The van der Waals surface area contributed by atoms with E-state index in [1.165, 1.54) is 23.9 Å². The normalized spacial score (nSPS) is 10.8. The fourth-order valence-electron chi connectivity index (χ4n) is 2.42. The number of nitrogens with one attached hydrogen (secondary N) is 1. The maximum atomic E-state index is 12.2. The van der Waals surface area contributed by atoms with Gasteiger partial charge in [-0.05, 0) is 55.0 Å². The number of alkyl halides is 2. The van der Waals surface area contributed by atoms with Crippen molar-refractivity contribution in [3.05, 3.63) is 65.3 Å². The predicted molar refractivity (Wildman–Crippen MR) is 110 cm³/mol. The van der Waals surface area contributed by atoms with E-state index in [4.69, 9.17) is 11.6 Å². The highest BCUT2D eigenvalue weighted by Gasteiger charge is 2.10. The summed E-state index contributed by atoms with van der Waals surface area (Å²) in [6, 6.07) is 13.1. The number of anilines is 1. The number of rotatable bonds is 7. The van der Waals surface area contributed by atoms with E-state index in [0.717, 1.165) is 11.1 Å². The highest BCUT2D eigenvalue weighted by molar-refractivity contribution is 7.99. The Balaban J connectivity index is 1.62. The lowest BCUT2D eigenvalue weighted by molar-refractivity contribution is -0.113. The van der Waals surface area contributed by atoms with Crippen LogP contribution in [-0.2, 0) is 4.79 Å². The lowest BCUT2D eigenvalue weighted by Crippen LogP contribution is -2.15. The molecule has 0 aliphatic heterocycles. The minimum atomic E-state index is -2.87. The minimum absolute atomic E-state index is 0.0698. The molecule has 2 aromatic carbocycles. The first-order valence-electron chi connectivity index (χ1n) is 8.48. The molecule has 0 saturated carbocycles. The number of aromatic nitrogens is 2. The average molecular weight is 436 g/mol. The summed E-state index contributed by atoms with van der Waals surface area (Å²) in [4.78, 5) is 20.8. The Morgan fingerprint density at radius 3 is 2.69 bits per heavy atom. The van der Waals surface area contributed by atoms with Crippen molar-refractivity contribution in [1.82, 2.24) is 9.97 Å². The molecule has 0 aliphatic rings. The number of ether oxygens (including phenoxy) is 1. The number of hydrogen-bond acceptors (Lipinski definition) is 5. The highest BCUT2D eigenvalue weighted by Crippen LogP contribution is 2.24. The molecule has 1 aromatic heterocycles. The van der Waals surface area contributed by atoms with Gasteiger partial charge < -0.3 is 10.1 Å². The predicted octanol–water partition coefficient (Wildman–Crippen LogP) is 5.44. The summed E-state index contributed by atoms with van der Waals surface area (Å²) in [5, 5.41) is 3.78. The molecule has 0 radical (unpaired) electrons. The fourth-order valence-corrected chi connectivity index (χ4v) is 3.23. The van der Waals surface area contributed by atoms with Crippen molar-refractivity contribution in [2.45, 2.75) is 18.7 Å². The van der Waals surface area contributed by atoms with Gasteiger partial charge in [-0.25, -0.2) is 9.97 Å². The number of benzene rings is 2. The maximum Gasteiger partial charge on any atom is 0.387 e. The molecule has 5 nitrogen and oxygen atoms in total. The number of carbonyl (C=O) groups excluding carboxylic acids is 1. The van der Waals surface area contributed by atoms with E-state index < -0.39 is 6.61 Å². The Morgan fingerprint density at radius 2 is 1.97 bits per heavy atom. The number of nitrogens with zero attached hydrogens (tertiary/aromatic N) is 2. The molecule has 0 fully saturated rings. The molecule has 0 unspecified atom stereocenters. The number of halogens is 3. The summed E-state index contributed by atoms with van der Waals surface area (Å²) in [5.41, 5.74) is 2.89. The largest absolute Gasteiger partial charge is 0.435 e. The van der Waals surface area contributed by atoms with Gasteiger partial charge in [0.25, 0.3) is 0 Å². The molecule has 0 spiro atoms. The van der Waals surface area contributed by atoms with Gasteiger partial charge in [0, 0.05) is 22.5 Å². The monoisotopic (exact) mass is 435 g/mol. The molecular weight excluding hydrogens is 420 g/mol. The van der Waals surface area contributed by atoms with E-state index in [2.05, 4.69) is 20.0 Å². The van der Waals surface area contributed by atoms with Gasteiger partial charge in [-0.2, -0.15) is 8.78 Å². The first-order valence-corrected chi connectivity index (χ1v) is 9.84. The van der Waals surface area contributed by atoms with Crippen molar-refractivity contribution in [2.24, 2.45) is 0 Å². The van der Waals surface area contributed by atoms with E-state index in [1.807, 2.05) is 13.0 Å². The smallest absolute Gasteiger partial charge is 0.387 e. The van der Waals surface area contributed by atoms with Crippen LogP contribution in [0, 0.1) is 6.92 Å². The van der Waals surface area contributed by atoms with Crippen molar-refractivity contribution in [2.75, 3.05) is 11.1 Å². The number of carbonyl (C=O) groups is 1. The van der Waals surface area contributed by atoms with Gasteiger partial charge in [0.15, 0.2) is 5.16 Å². The second-order valence-electron chi connectivity index (χ2n) is 5.92. The second-order valence-corrected chi connectivity index (χ2v) is 7.30. The molecule has 1 amide bonds. The first kappa shape index (κ1) is 21.0. The summed E-state index contributed by atoms with van der Waals surface area (Å²) in [6.45, 7) is -0.992. The summed E-state index contributed by atoms with van der Waals surface area (Å²) in [6.07, 6.45) is 1.58. The molecule has 0 aliphatic carbocycles. The lowest BCUT2D eigenvalue weighted by Gasteiger charge is -2.09. The van der Waals surface area contributed by atoms with Crippen LogP contribution in [0.25, 0.3) is 11.3 Å². The van der Waals surface area contributed by atoms with Gasteiger partial charge in [-0.3, -0.25) is 4.79 Å². The third-order valence-electron chi connectivity index (χ3n) is 3.81. The molecule has 1 heterocycles. The van der Waals surface area contributed by atoms with Crippen LogP contribution in [0.4, 0.5) is 14.5 Å². The molecule has 0 bridgehead atoms. The van der Waals surface area contributed by atoms with E-state index in [0.29, 0.717) is 21.6 Å². The van der Waals surface area contributed by atoms with Crippen molar-refractivity contribution < 1.29 is 18.3 Å². The Labute approximate surface area is 175 Å². The Kier molecular flexibility index (Phi) is 7.00. The van der Waals surface area contributed by atoms with Crippen LogP contribution in [0.5, 0.6) is 5.75 Å². The fraction of sp³-hybridized carbons (Fsp3) is 0.150. The van der Waals surface area contributed by atoms with Crippen LogP contribution in [0.3, 0.4) is 0 Å². The van der Waals surface area contributed by atoms with Crippen molar-refractivity contribution >= 4 is 35.0 Å². The van der Waals surface area contributed by atoms with Gasteiger partial charge in [-0.1, -0.05) is 29.4 Å². The van der Waals surface area contributed by atoms with Crippen LogP contribution >= 0.6 is 23.4 Å². The Morgan fingerprint density at radius 1 is 1.21 bits per heavy atom. The molecule has 150 valence electrons. The van der Waals surface area contributed by atoms with E-state index in [-0.39, 0.29) is 17.4 Å². The molecule has 3 aromatic rings. The molecule has 0 atom stereocenters. The summed E-state index contributed by atoms with van der Waals surface area (Å²) in [7, 11) is 0. The maximum absolute atomic E-state index is 12.2. The number of amides is 1. The van der Waals surface area contributed by atoms with Gasteiger partial charge in [-0.15, -0.1) is 0 Å². The van der Waals surface area contributed by atoms with Gasteiger partial charge >= 0.3 is 6.61 Å².